The summed E-state index contributed by atoms with van der Waals surface area (Å²) in [5.74, 6) is 0.659. The van der Waals surface area contributed by atoms with Crippen molar-refractivity contribution in [2.24, 2.45) is 0 Å². The van der Waals surface area contributed by atoms with Gasteiger partial charge >= 0.3 is 12.1 Å². The maximum absolute atomic E-state index is 12.5. The van der Waals surface area contributed by atoms with Gasteiger partial charge in [0.1, 0.15) is 11.1 Å². The normalized spacial score (nSPS) is 22.1. The van der Waals surface area contributed by atoms with Crippen molar-refractivity contribution in [3.05, 3.63) is 0 Å². The fourth-order valence-electron chi connectivity index (χ4n) is 2.58. The van der Waals surface area contributed by atoms with Gasteiger partial charge in [-0.2, -0.15) is 11.8 Å². The van der Waals surface area contributed by atoms with Crippen LogP contribution in [0.5, 0.6) is 0 Å². The van der Waals surface area contributed by atoms with E-state index >= 15 is 0 Å². The number of carboxylic acid groups (broad SMARTS) is 1. The fourth-order valence-corrected chi connectivity index (χ4v) is 3.75. The molecule has 1 saturated heterocycles. The molecule has 0 atom stereocenters. The molecular formula is C14H23NO4S. The first kappa shape index (κ1) is 15.5. The molecular weight excluding hydrogens is 278 g/mol. The number of carbonyl (C=O) groups is 2. The summed E-state index contributed by atoms with van der Waals surface area (Å²) in [7, 11) is 0. The molecule has 0 aromatic heterocycles. The van der Waals surface area contributed by atoms with E-state index in [2.05, 4.69) is 0 Å². The zero-order valence-corrected chi connectivity index (χ0v) is 13.2. The summed E-state index contributed by atoms with van der Waals surface area (Å²) in [5, 5.41) is 9.72. The Labute approximate surface area is 124 Å². The first-order chi connectivity index (χ1) is 9.26. The van der Waals surface area contributed by atoms with Crippen LogP contribution in [0, 0.1) is 0 Å². The molecule has 0 bridgehead atoms. The maximum atomic E-state index is 12.5. The Morgan fingerprint density at radius 2 is 1.80 bits per heavy atom. The molecule has 2 fully saturated rings. The molecule has 2 aliphatic rings. The average Bonchev–Trinajstić information content (AvgIpc) is 3.12. The van der Waals surface area contributed by atoms with Crippen molar-refractivity contribution in [1.82, 2.24) is 4.90 Å². The Morgan fingerprint density at radius 1 is 1.25 bits per heavy atom. The lowest BCUT2D eigenvalue weighted by molar-refractivity contribution is -0.152. The molecule has 20 heavy (non-hydrogen) atoms. The Morgan fingerprint density at radius 3 is 2.20 bits per heavy atom. The molecule has 0 aromatic rings. The van der Waals surface area contributed by atoms with Crippen LogP contribution >= 0.6 is 11.8 Å². The van der Waals surface area contributed by atoms with Gasteiger partial charge in [0.05, 0.1) is 0 Å². The molecule has 5 nitrogen and oxygen atoms in total. The Hall–Kier alpha value is -0.910. The minimum absolute atomic E-state index is 0.0315. The molecule has 114 valence electrons. The second-order valence-electron chi connectivity index (χ2n) is 6.53. The third kappa shape index (κ3) is 3.22. The Bertz CT molecular complexity index is 394. The average molecular weight is 301 g/mol. The molecule has 0 spiro atoms. The Kier molecular flexibility index (Phi) is 4.23. The van der Waals surface area contributed by atoms with Crippen LogP contribution in [0.2, 0.25) is 0 Å². The second-order valence-corrected chi connectivity index (χ2v) is 7.76. The van der Waals surface area contributed by atoms with Crippen LogP contribution in [-0.4, -0.2) is 50.8 Å². The smallest absolute Gasteiger partial charge is 0.411 e. The molecule has 1 amide bonds. The second kappa shape index (κ2) is 5.47. The van der Waals surface area contributed by atoms with Crippen molar-refractivity contribution >= 4 is 23.8 Å². The molecule has 6 heteroatoms. The van der Waals surface area contributed by atoms with E-state index in [9.17, 15) is 14.7 Å². The standard InChI is InChI=1S/C14H23NO4S/c1-13(2,3)19-12(18)15(10-4-5-10)14(11(16)17)6-8-20-9-7-14/h10H,4-9H2,1-3H3,(H,16,17). The lowest BCUT2D eigenvalue weighted by atomic mass is 9.90. The molecule has 2 rings (SSSR count). The van der Waals surface area contributed by atoms with Crippen molar-refractivity contribution in [2.75, 3.05) is 11.5 Å². The number of hydrogen-bond donors (Lipinski definition) is 1. The molecule has 0 radical (unpaired) electrons. The summed E-state index contributed by atoms with van der Waals surface area (Å²) in [4.78, 5) is 25.9. The van der Waals surface area contributed by atoms with Crippen LogP contribution < -0.4 is 0 Å². The van der Waals surface area contributed by atoms with E-state index in [0.717, 1.165) is 24.3 Å². The van der Waals surface area contributed by atoms with Gasteiger partial charge in [-0.25, -0.2) is 9.59 Å². The summed E-state index contributed by atoms with van der Waals surface area (Å²) in [6, 6.07) is 0.0315. The number of rotatable bonds is 3. The fraction of sp³-hybridized carbons (Fsp3) is 0.857. The van der Waals surface area contributed by atoms with Crippen LogP contribution in [0.25, 0.3) is 0 Å². The Balaban J connectivity index is 2.25. The monoisotopic (exact) mass is 301 g/mol. The molecule has 1 heterocycles. The van der Waals surface area contributed by atoms with Gasteiger partial charge in [-0.15, -0.1) is 0 Å². The molecule has 0 unspecified atom stereocenters. The lowest BCUT2D eigenvalue weighted by Gasteiger charge is -2.43. The van der Waals surface area contributed by atoms with E-state index in [0.29, 0.717) is 12.8 Å². The summed E-state index contributed by atoms with van der Waals surface area (Å²) in [6.07, 6.45) is 2.28. The first-order valence-electron chi connectivity index (χ1n) is 7.10. The largest absolute Gasteiger partial charge is 0.479 e. The van der Waals surface area contributed by atoms with E-state index in [1.54, 1.807) is 32.5 Å². The summed E-state index contributed by atoms with van der Waals surface area (Å²) < 4.78 is 5.45. The minimum Gasteiger partial charge on any atom is -0.479 e. The van der Waals surface area contributed by atoms with E-state index in [1.165, 1.54) is 4.90 Å². The van der Waals surface area contributed by atoms with Gasteiger partial charge in [0.2, 0.25) is 0 Å². The van der Waals surface area contributed by atoms with Gasteiger partial charge < -0.3 is 9.84 Å². The van der Waals surface area contributed by atoms with Gasteiger partial charge in [0.15, 0.2) is 0 Å². The molecule has 1 N–H and O–H groups in total. The molecule has 1 aliphatic carbocycles. The van der Waals surface area contributed by atoms with Crippen molar-refractivity contribution in [1.29, 1.82) is 0 Å². The van der Waals surface area contributed by atoms with Crippen LogP contribution in [0.15, 0.2) is 0 Å². The SMILES string of the molecule is CC(C)(C)OC(=O)N(C1CC1)C1(C(=O)O)CCSCC1. The van der Waals surface area contributed by atoms with Crippen LogP contribution in [0.3, 0.4) is 0 Å². The number of thioether (sulfide) groups is 1. The van der Waals surface area contributed by atoms with Crippen molar-refractivity contribution in [2.45, 2.75) is 63.6 Å². The number of carbonyl (C=O) groups excluding carboxylic acids is 1. The third-order valence-corrected chi connectivity index (χ3v) is 4.67. The quantitative estimate of drug-likeness (QED) is 0.868. The summed E-state index contributed by atoms with van der Waals surface area (Å²) >= 11 is 1.75. The predicted molar refractivity (Wildman–Crippen MR) is 78.0 cm³/mol. The first-order valence-corrected chi connectivity index (χ1v) is 8.25. The van der Waals surface area contributed by atoms with Crippen LogP contribution in [-0.2, 0) is 9.53 Å². The summed E-state index contributed by atoms with van der Waals surface area (Å²) in [6.45, 7) is 5.42. The van der Waals surface area contributed by atoms with Gasteiger partial charge in [-0.05, 0) is 58.0 Å². The van der Waals surface area contributed by atoms with Crippen molar-refractivity contribution in [3.63, 3.8) is 0 Å². The molecule has 1 aliphatic heterocycles. The highest BCUT2D eigenvalue weighted by atomic mass is 32.2. The van der Waals surface area contributed by atoms with Crippen molar-refractivity contribution < 1.29 is 19.4 Å². The highest BCUT2D eigenvalue weighted by Gasteiger charge is 2.53. The lowest BCUT2D eigenvalue weighted by Crippen LogP contribution is -2.60. The number of nitrogens with zero attached hydrogens (tertiary/aromatic N) is 1. The van der Waals surface area contributed by atoms with Crippen LogP contribution in [0.4, 0.5) is 4.79 Å². The number of aliphatic carboxylic acids is 1. The topological polar surface area (TPSA) is 66.8 Å². The number of hydrogen-bond acceptors (Lipinski definition) is 4. The van der Waals surface area contributed by atoms with Crippen LogP contribution in [0.1, 0.15) is 46.5 Å². The zero-order valence-electron chi connectivity index (χ0n) is 12.3. The number of ether oxygens (including phenoxy) is 1. The van der Waals surface area contributed by atoms with E-state index < -0.39 is 23.2 Å². The predicted octanol–water partition coefficient (Wildman–Crippen LogP) is 2.74. The highest BCUT2D eigenvalue weighted by Crippen LogP contribution is 2.41. The van der Waals surface area contributed by atoms with E-state index in [4.69, 9.17) is 4.74 Å². The number of amides is 1. The van der Waals surface area contributed by atoms with Gasteiger partial charge in [0.25, 0.3) is 0 Å². The molecule has 0 aromatic carbocycles. The van der Waals surface area contributed by atoms with Gasteiger partial charge in [-0.3, -0.25) is 4.90 Å². The number of carboxylic acids is 1. The van der Waals surface area contributed by atoms with Crippen molar-refractivity contribution in [3.8, 4) is 0 Å². The summed E-state index contributed by atoms with van der Waals surface area (Å²) in [5.41, 5.74) is -1.68. The van der Waals surface area contributed by atoms with Gasteiger partial charge in [0, 0.05) is 6.04 Å². The third-order valence-electron chi connectivity index (χ3n) is 3.68. The maximum Gasteiger partial charge on any atom is 0.411 e. The van der Waals surface area contributed by atoms with E-state index in [-0.39, 0.29) is 6.04 Å². The van der Waals surface area contributed by atoms with Gasteiger partial charge in [-0.1, -0.05) is 0 Å². The zero-order chi connectivity index (χ0) is 15.0. The molecule has 1 saturated carbocycles. The van der Waals surface area contributed by atoms with E-state index in [1.807, 2.05) is 0 Å². The minimum atomic E-state index is -1.07. The highest BCUT2D eigenvalue weighted by molar-refractivity contribution is 7.99.